The minimum absolute atomic E-state index is 0.0518. The number of rotatable bonds is 6. The van der Waals surface area contributed by atoms with Gasteiger partial charge < -0.3 is 9.47 Å². The Kier molecular flexibility index (Phi) is 4.96. The Balaban J connectivity index is 2.09. The number of methoxy groups -OCH3 is 1. The first kappa shape index (κ1) is 14.1. The zero-order valence-corrected chi connectivity index (χ0v) is 11.7. The van der Waals surface area contributed by atoms with Gasteiger partial charge in [0, 0.05) is 19.6 Å². The maximum absolute atomic E-state index is 12.4. The lowest BCUT2D eigenvalue weighted by molar-refractivity contribution is 0.0126. The fraction of sp³-hybridized carbons (Fsp3) is 0.714. The number of carbonyl (C=O) groups excluding carboxylic acids is 1. The number of Topliss-reactive ketones (excluding diaryl/α,β-unsaturated/α-hetero) is 1. The van der Waals surface area contributed by atoms with Crippen molar-refractivity contribution in [2.24, 2.45) is 0 Å². The zero-order valence-electron chi connectivity index (χ0n) is 11.7. The summed E-state index contributed by atoms with van der Waals surface area (Å²) in [5.41, 5.74) is 0.582. The molecule has 1 saturated heterocycles. The molecule has 2 heterocycles. The average Bonchev–Trinajstić information content (AvgIpc) is 2.83. The number of hydrogen-bond acceptors (Lipinski definition) is 4. The van der Waals surface area contributed by atoms with E-state index in [9.17, 15) is 4.79 Å². The molecule has 1 unspecified atom stereocenters. The number of hydrogen-bond donors (Lipinski definition) is 0. The molecule has 0 N–H and O–H groups in total. The smallest absolute Gasteiger partial charge is 0.187 e. The van der Waals surface area contributed by atoms with E-state index in [0.717, 1.165) is 38.8 Å². The second-order valence-electron chi connectivity index (χ2n) is 4.90. The van der Waals surface area contributed by atoms with Gasteiger partial charge in [0.15, 0.2) is 11.5 Å². The van der Waals surface area contributed by atoms with Crippen LogP contribution in [0.1, 0.15) is 49.5 Å². The Morgan fingerprint density at radius 3 is 3.05 bits per heavy atom. The molecule has 106 valence electrons. The van der Waals surface area contributed by atoms with Crippen molar-refractivity contribution in [3.8, 4) is 5.75 Å². The van der Waals surface area contributed by atoms with E-state index in [1.807, 2.05) is 0 Å². The standard InChI is InChI=1S/C14H22N2O3/c1-3-7-16-14(13(18-2)10-15-16)12(17)9-11-6-4-5-8-19-11/h10-11H,3-9H2,1-2H3. The quantitative estimate of drug-likeness (QED) is 0.742. The molecular formula is C14H22N2O3. The molecule has 0 bridgehead atoms. The number of ketones is 1. The maximum atomic E-state index is 12.4. The highest BCUT2D eigenvalue weighted by atomic mass is 16.5. The molecule has 0 saturated carbocycles. The van der Waals surface area contributed by atoms with E-state index in [4.69, 9.17) is 9.47 Å². The summed E-state index contributed by atoms with van der Waals surface area (Å²) in [4.78, 5) is 12.4. The van der Waals surface area contributed by atoms with Crippen molar-refractivity contribution in [3.05, 3.63) is 11.9 Å². The van der Waals surface area contributed by atoms with Crippen LogP contribution in [0, 0.1) is 0 Å². The van der Waals surface area contributed by atoms with Crippen LogP contribution in [0.15, 0.2) is 6.20 Å². The van der Waals surface area contributed by atoms with Crippen LogP contribution in [-0.4, -0.2) is 35.4 Å². The average molecular weight is 266 g/mol. The van der Waals surface area contributed by atoms with Gasteiger partial charge in [-0.25, -0.2) is 0 Å². The fourth-order valence-corrected chi connectivity index (χ4v) is 2.45. The summed E-state index contributed by atoms with van der Waals surface area (Å²) < 4.78 is 12.6. The molecule has 0 radical (unpaired) electrons. The molecule has 1 aromatic heterocycles. The predicted octanol–water partition coefficient (Wildman–Crippen LogP) is 2.44. The van der Waals surface area contributed by atoms with Crippen molar-refractivity contribution in [1.29, 1.82) is 0 Å². The molecule has 0 aliphatic carbocycles. The SMILES string of the molecule is CCCn1ncc(OC)c1C(=O)CC1CCCCO1. The van der Waals surface area contributed by atoms with Crippen LogP contribution in [0.2, 0.25) is 0 Å². The van der Waals surface area contributed by atoms with Crippen LogP contribution in [0.25, 0.3) is 0 Å². The summed E-state index contributed by atoms with van der Waals surface area (Å²) in [6, 6.07) is 0. The third-order valence-electron chi connectivity index (χ3n) is 3.41. The third-order valence-corrected chi connectivity index (χ3v) is 3.41. The van der Waals surface area contributed by atoms with Crippen molar-refractivity contribution in [2.45, 2.75) is 51.7 Å². The maximum Gasteiger partial charge on any atom is 0.187 e. The van der Waals surface area contributed by atoms with Gasteiger partial charge in [-0.15, -0.1) is 0 Å². The molecule has 0 aromatic carbocycles. The van der Waals surface area contributed by atoms with Gasteiger partial charge in [-0.05, 0) is 25.7 Å². The number of aryl methyl sites for hydroxylation is 1. The highest BCUT2D eigenvalue weighted by Gasteiger charge is 2.24. The van der Waals surface area contributed by atoms with Crippen LogP contribution in [0.3, 0.4) is 0 Å². The normalized spacial score (nSPS) is 19.4. The first-order valence-corrected chi connectivity index (χ1v) is 7.00. The van der Waals surface area contributed by atoms with Crippen molar-refractivity contribution in [1.82, 2.24) is 9.78 Å². The molecule has 0 spiro atoms. The van der Waals surface area contributed by atoms with Gasteiger partial charge in [-0.2, -0.15) is 5.10 Å². The van der Waals surface area contributed by atoms with E-state index in [2.05, 4.69) is 12.0 Å². The molecule has 1 fully saturated rings. The largest absolute Gasteiger partial charge is 0.493 e. The number of aromatic nitrogens is 2. The van der Waals surface area contributed by atoms with Gasteiger partial charge in [0.2, 0.25) is 0 Å². The van der Waals surface area contributed by atoms with Gasteiger partial charge in [0.05, 0.1) is 19.4 Å². The van der Waals surface area contributed by atoms with Gasteiger partial charge in [0.25, 0.3) is 0 Å². The second kappa shape index (κ2) is 6.70. The molecule has 5 nitrogen and oxygen atoms in total. The monoisotopic (exact) mass is 266 g/mol. The van der Waals surface area contributed by atoms with E-state index in [1.165, 1.54) is 0 Å². The van der Waals surface area contributed by atoms with E-state index in [0.29, 0.717) is 17.9 Å². The summed E-state index contributed by atoms with van der Waals surface area (Å²) in [6.45, 7) is 3.56. The van der Waals surface area contributed by atoms with Crippen molar-refractivity contribution in [3.63, 3.8) is 0 Å². The first-order chi connectivity index (χ1) is 9.26. The summed E-state index contributed by atoms with van der Waals surface area (Å²) in [5.74, 6) is 0.629. The van der Waals surface area contributed by atoms with E-state index in [1.54, 1.807) is 18.0 Å². The molecule has 0 amide bonds. The van der Waals surface area contributed by atoms with Gasteiger partial charge in [0.1, 0.15) is 5.69 Å². The van der Waals surface area contributed by atoms with E-state index >= 15 is 0 Å². The number of nitrogens with zero attached hydrogens (tertiary/aromatic N) is 2. The Bertz CT molecular complexity index is 422. The topological polar surface area (TPSA) is 53.4 Å². The molecule has 2 rings (SSSR count). The molecular weight excluding hydrogens is 244 g/mol. The lowest BCUT2D eigenvalue weighted by atomic mass is 10.0. The van der Waals surface area contributed by atoms with Crippen molar-refractivity contribution in [2.75, 3.05) is 13.7 Å². The van der Waals surface area contributed by atoms with E-state index < -0.39 is 0 Å². The summed E-state index contributed by atoms with van der Waals surface area (Å²) in [7, 11) is 1.57. The lowest BCUT2D eigenvalue weighted by Gasteiger charge is -2.22. The molecule has 1 atom stereocenters. The minimum Gasteiger partial charge on any atom is -0.493 e. The Hall–Kier alpha value is -1.36. The molecule has 1 aliphatic heterocycles. The van der Waals surface area contributed by atoms with Crippen LogP contribution in [0.5, 0.6) is 5.75 Å². The van der Waals surface area contributed by atoms with Crippen LogP contribution in [-0.2, 0) is 11.3 Å². The van der Waals surface area contributed by atoms with Gasteiger partial charge in [-0.3, -0.25) is 9.48 Å². The highest BCUT2D eigenvalue weighted by Crippen LogP contribution is 2.23. The Morgan fingerprint density at radius 2 is 2.42 bits per heavy atom. The molecule has 1 aliphatic rings. The summed E-state index contributed by atoms with van der Waals surface area (Å²) >= 11 is 0. The van der Waals surface area contributed by atoms with Crippen molar-refractivity contribution < 1.29 is 14.3 Å². The van der Waals surface area contributed by atoms with Crippen LogP contribution in [0.4, 0.5) is 0 Å². The van der Waals surface area contributed by atoms with Crippen LogP contribution >= 0.6 is 0 Å². The summed E-state index contributed by atoms with van der Waals surface area (Å²) in [6.07, 6.45) is 6.23. The second-order valence-corrected chi connectivity index (χ2v) is 4.90. The van der Waals surface area contributed by atoms with E-state index in [-0.39, 0.29) is 11.9 Å². The highest BCUT2D eigenvalue weighted by molar-refractivity contribution is 5.97. The number of carbonyl (C=O) groups is 1. The van der Waals surface area contributed by atoms with Crippen molar-refractivity contribution >= 4 is 5.78 Å². The zero-order chi connectivity index (χ0) is 13.7. The fourth-order valence-electron chi connectivity index (χ4n) is 2.45. The molecule has 1 aromatic rings. The minimum atomic E-state index is 0.0518. The number of ether oxygens (including phenoxy) is 2. The molecule has 5 heteroatoms. The van der Waals surface area contributed by atoms with Gasteiger partial charge in [-0.1, -0.05) is 6.92 Å². The van der Waals surface area contributed by atoms with Crippen LogP contribution < -0.4 is 4.74 Å². The first-order valence-electron chi connectivity index (χ1n) is 7.00. The Morgan fingerprint density at radius 1 is 1.58 bits per heavy atom. The van der Waals surface area contributed by atoms with Gasteiger partial charge >= 0.3 is 0 Å². The third kappa shape index (κ3) is 3.35. The Labute approximate surface area is 113 Å². The lowest BCUT2D eigenvalue weighted by Crippen LogP contribution is -2.24. The predicted molar refractivity (Wildman–Crippen MR) is 71.6 cm³/mol. The summed E-state index contributed by atoms with van der Waals surface area (Å²) in [5, 5.41) is 4.22. The molecule has 19 heavy (non-hydrogen) atoms.